The number of hydrogen-bond donors (Lipinski definition) is 3. The molecule has 2 amide bonds. The van der Waals surface area contributed by atoms with Crippen LogP contribution in [0.25, 0.3) is 0 Å². The molecule has 166 valence electrons. The van der Waals surface area contributed by atoms with E-state index in [1.165, 1.54) is 49.1 Å². The zero-order valence-electron chi connectivity index (χ0n) is 17.5. The number of benzene rings is 2. The van der Waals surface area contributed by atoms with Gasteiger partial charge in [0.1, 0.15) is 5.03 Å². The highest BCUT2D eigenvalue weighted by Crippen LogP contribution is 2.28. The molecule has 0 fully saturated rings. The molecular weight excluding hydrogens is 448 g/mol. The number of nitrogens with zero attached hydrogens (tertiary/aromatic N) is 1. The summed E-state index contributed by atoms with van der Waals surface area (Å²) in [5.41, 5.74) is 1.43. The smallest absolute Gasteiger partial charge is 0.261 e. The van der Waals surface area contributed by atoms with E-state index < -0.39 is 10.0 Å². The Balaban J connectivity index is 1.64. The molecule has 8 nitrogen and oxygen atoms in total. The maximum absolute atomic E-state index is 12.6. The number of aromatic nitrogens is 1. The van der Waals surface area contributed by atoms with Crippen LogP contribution in [-0.4, -0.2) is 31.8 Å². The molecule has 1 aromatic heterocycles. The Bertz CT molecular complexity index is 1190. The fourth-order valence-corrected chi connectivity index (χ4v) is 4.50. The van der Waals surface area contributed by atoms with Crippen molar-refractivity contribution in [3.05, 3.63) is 72.4 Å². The number of carbonyl (C=O) groups excluding carboxylic acids is 2. The van der Waals surface area contributed by atoms with Crippen LogP contribution in [0.3, 0.4) is 0 Å². The summed E-state index contributed by atoms with van der Waals surface area (Å²) in [6.45, 7) is 3.78. The number of sulfonamides is 1. The predicted molar refractivity (Wildman–Crippen MR) is 124 cm³/mol. The van der Waals surface area contributed by atoms with Gasteiger partial charge in [0, 0.05) is 35.9 Å². The molecule has 3 N–H and O–H groups in total. The highest BCUT2D eigenvalue weighted by atomic mass is 32.2. The van der Waals surface area contributed by atoms with Crippen LogP contribution in [0, 0.1) is 0 Å². The largest absolute Gasteiger partial charge is 0.352 e. The topological polar surface area (TPSA) is 117 Å². The number of nitrogens with one attached hydrogen (secondary N) is 3. The average Bonchev–Trinajstić information content (AvgIpc) is 2.75. The van der Waals surface area contributed by atoms with E-state index in [0.29, 0.717) is 28.5 Å². The summed E-state index contributed by atoms with van der Waals surface area (Å²) in [6.07, 6.45) is 1.52. The number of anilines is 2. The van der Waals surface area contributed by atoms with Gasteiger partial charge in [0.15, 0.2) is 0 Å². The molecule has 0 saturated heterocycles. The lowest BCUT2D eigenvalue weighted by Gasteiger charge is -2.10. The number of amides is 2. The van der Waals surface area contributed by atoms with Gasteiger partial charge in [-0.3, -0.25) is 14.3 Å². The van der Waals surface area contributed by atoms with Crippen LogP contribution in [0.2, 0.25) is 0 Å². The monoisotopic (exact) mass is 470 g/mol. The third kappa shape index (κ3) is 6.32. The van der Waals surface area contributed by atoms with Gasteiger partial charge < -0.3 is 10.6 Å². The fourth-order valence-electron chi connectivity index (χ4n) is 2.68. The Kier molecular flexibility index (Phi) is 7.49. The van der Waals surface area contributed by atoms with Crippen molar-refractivity contribution in [2.45, 2.75) is 28.7 Å². The molecule has 0 aliphatic carbocycles. The van der Waals surface area contributed by atoms with Crippen LogP contribution in [0.1, 0.15) is 24.2 Å². The molecule has 0 radical (unpaired) electrons. The summed E-state index contributed by atoms with van der Waals surface area (Å²) in [5, 5.41) is 6.02. The SMILES string of the molecule is CCNC(=O)c1ccc(Sc2ccc(NS(=O)(=O)c3ccc(NC(C)=O)cc3)cc2)nc1. The lowest BCUT2D eigenvalue weighted by molar-refractivity contribution is -0.114. The molecule has 2 aromatic carbocycles. The lowest BCUT2D eigenvalue weighted by atomic mass is 10.3. The van der Waals surface area contributed by atoms with Crippen LogP contribution in [0.5, 0.6) is 0 Å². The standard InChI is InChI=1S/C22H22N4O4S2/c1-3-23-22(28)16-4-13-21(24-14-16)31-19-9-5-18(6-10-19)26-32(29,30)20-11-7-17(8-12-20)25-15(2)27/h4-14,26H,3H2,1-2H3,(H,23,28)(H,25,27). The van der Waals surface area contributed by atoms with Gasteiger partial charge in [-0.1, -0.05) is 11.8 Å². The number of rotatable bonds is 8. The summed E-state index contributed by atoms with van der Waals surface area (Å²) in [7, 11) is -3.77. The van der Waals surface area contributed by atoms with E-state index in [1.54, 1.807) is 36.4 Å². The molecule has 0 aliphatic rings. The van der Waals surface area contributed by atoms with Crippen molar-refractivity contribution in [1.82, 2.24) is 10.3 Å². The summed E-state index contributed by atoms with van der Waals surface area (Å²) in [4.78, 5) is 28.1. The number of pyridine rings is 1. The second-order valence-corrected chi connectivity index (χ2v) is 9.46. The van der Waals surface area contributed by atoms with E-state index in [-0.39, 0.29) is 16.7 Å². The molecule has 1 heterocycles. The minimum absolute atomic E-state index is 0.0847. The van der Waals surface area contributed by atoms with Gasteiger partial charge in [-0.2, -0.15) is 0 Å². The van der Waals surface area contributed by atoms with E-state index in [0.717, 1.165) is 4.90 Å². The molecule has 32 heavy (non-hydrogen) atoms. The van der Waals surface area contributed by atoms with Gasteiger partial charge in [0.25, 0.3) is 15.9 Å². The molecular formula is C22H22N4O4S2. The lowest BCUT2D eigenvalue weighted by Crippen LogP contribution is -2.22. The molecule has 0 bridgehead atoms. The van der Waals surface area contributed by atoms with Gasteiger partial charge in [-0.15, -0.1) is 0 Å². The normalized spacial score (nSPS) is 10.9. The first-order valence-corrected chi connectivity index (χ1v) is 12.0. The van der Waals surface area contributed by atoms with E-state index in [4.69, 9.17) is 0 Å². The zero-order valence-corrected chi connectivity index (χ0v) is 19.1. The van der Waals surface area contributed by atoms with Crippen molar-refractivity contribution in [3.63, 3.8) is 0 Å². The van der Waals surface area contributed by atoms with E-state index in [2.05, 4.69) is 20.3 Å². The van der Waals surface area contributed by atoms with E-state index in [1.807, 2.05) is 6.92 Å². The molecule has 0 atom stereocenters. The molecule has 3 aromatic rings. The van der Waals surface area contributed by atoms with Gasteiger partial charge >= 0.3 is 0 Å². The second kappa shape index (κ2) is 10.3. The maximum Gasteiger partial charge on any atom is 0.261 e. The summed E-state index contributed by atoms with van der Waals surface area (Å²) in [6, 6.07) is 16.3. The second-order valence-electron chi connectivity index (χ2n) is 6.68. The molecule has 0 unspecified atom stereocenters. The fraction of sp³-hybridized carbons (Fsp3) is 0.136. The van der Waals surface area contributed by atoms with E-state index >= 15 is 0 Å². The minimum atomic E-state index is -3.77. The molecule has 0 saturated carbocycles. The third-order valence-electron chi connectivity index (χ3n) is 4.15. The zero-order chi connectivity index (χ0) is 23.1. The van der Waals surface area contributed by atoms with Gasteiger partial charge in [0.2, 0.25) is 5.91 Å². The van der Waals surface area contributed by atoms with Crippen LogP contribution in [0.15, 0.2) is 81.7 Å². The first-order valence-electron chi connectivity index (χ1n) is 9.69. The summed E-state index contributed by atoms with van der Waals surface area (Å²) in [5.74, 6) is -0.400. The Morgan fingerprint density at radius 3 is 2.16 bits per heavy atom. The van der Waals surface area contributed by atoms with Crippen molar-refractivity contribution >= 4 is 45.0 Å². The summed E-state index contributed by atoms with van der Waals surface area (Å²) < 4.78 is 27.7. The molecule has 3 rings (SSSR count). The number of carbonyl (C=O) groups is 2. The van der Waals surface area contributed by atoms with Crippen molar-refractivity contribution in [1.29, 1.82) is 0 Å². The van der Waals surface area contributed by atoms with Gasteiger partial charge in [-0.05, 0) is 67.6 Å². The van der Waals surface area contributed by atoms with Crippen LogP contribution >= 0.6 is 11.8 Å². The Morgan fingerprint density at radius 2 is 1.59 bits per heavy atom. The van der Waals surface area contributed by atoms with Crippen molar-refractivity contribution in [3.8, 4) is 0 Å². The van der Waals surface area contributed by atoms with Gasteiger partial charge in [-0.25, -0.2) is 13.4 Å². The Labute approximate surface area is 190 Å². The molecule has 10 heteroatoms. The van der Waals surface area contributed by atoms with Crippen molar-refractivity contribution < 1.29 is 18.0 Å². The third-order valence-corrected chi connectivity index (χ3v) is 6.51. The Morgan fingerprint density at radius 1 is 0.938 bits per heavy atom. The van der Waals surface area contributed by atoms with Crippen LogP contribution < -0.4 is 15.4 Å². The summed E-state index contributed by atoms with van der Waals surface area (Å²) >= 11 is 1.40. The van der Waals surface area contributed by atoms with Crippen molar-refractivity contribution in [2.75, 3.05) is 16.6 Å². The highest BCUT2D eigenvalue weighted by Gasteiger charge is 2.14. The minimum Gasteiger partial charge on any atom is -0.352 e. The average molecular weight is 471 g/mol. The molecule has 0 aliphatic heterocycles. The quantitative estimate of drug-likeness (QED) is 0.462. The number of hydrogen-bond acceptors (Lipinski definition) is 6. The van der Waals surface area contributed by atoms with Gasteiger partial charge in [0.05, 0.1) is 10.5 Å². The predicted octanol–water partition coefficient (Wildman–Crippen LogP) is 3.74. The van der Waals surface area contributed by atoms with Crippen molar-refractivity contribution in [2.24, 2.45) is 0 Å². The first-order chi connectivity index (χ1) is 15.3. The first kappa shape index (κ1) is 23.3. The molecule has 0 spiro atoms. The van der Waals surface area contributed by atoms with E-state index in [9.17, 15) is 18.0 Å². The van der Waals surface area contributed by atoms with Crippen LogP contribution in [-0.2, 0) is 14.8 Å². The highest BCUT2D eigenvalue weighted by molar-refractivity contribution is 7.99. The van der Waals surface area contributed by atoms with Crippen LogP contribution in [0.4, 0.5) is 11.4 Å². The maximum atomic E-state index is 12.6. The Hall–Kier alpha value is -3.37.